The van der Waals surface area contributed by atoms with Crippen molar-refractivity contribution in [2.24, 2.45) is 23.2 Å². The number of amides is 2. The van der Waals surface area contributed by atoms with Crippen LogP contribution in [-0.4, -0.2) is 58.5 Å². The lowest BCUT2D eigenvalue weighted by molar-refractivity contribution is -0.167. The van der Waals surface area contributed by atoms with Crippen LogP contribution in [0.4, 0.5) is 0 Å². The molecule has 5 saturated carbocycles. The standard InChI is InChI=1S/C20H30N2O3/c23-17(19-11-14-8-15(12-19)10-16(9-14)13-19)21-4-6-22(7-5-21)18(24)20(25)2-1-3-20/h14-16,25H,1-13H2. The van der Waals surface area contributed by atoms with Crippen LogP contribution < -0.4 is 0 Å². The Morgan fingerprint density at radius 1 is 0.760 bits per heavy atom. The molecule has 1 aliphatic heterocycles. The van der Waals surface area contributed by atoms with Crippen LogP contribution in [0.15, 0.2) is 0 Å². The van der Waals surface area contributed by atoms with Gasteiger partial charge in [-0.2, -0.15) is 0 Å². The highest BCUT2D eigenvalue weighted by molar-refractivity contribution is 5.87. The van der Waals surface area contributed by atoms with Crippen LogP contribution in [0.25, 0.3) is 0 Å². The van der Waals surface area contributed by atoms with Gasteiger partial charge in [-0.3, -0.25) is 9.59 Å². The SMILES string of the molecule is O=C(N1CCN(C(=O)C23CC4CC(CC(C4)C2)C3)CC1)C1(O)CCC1. The monoisotopic (exact) mass is 346 g/mol. The topological polar surface area (TPSA) is 60.9 Å². The largest absolute Gasteiger partial charge is 0.380 e. The van der Waals surface area contributed by atoms with Crippen molar-refractivity contribution in [3.63, 3.8) is 0 Å². The second-order valence-electron chi connectivity index (χ2n) is 9.67. The third-order valence-corrected chi connectivity index (χ3v) is 7.92. The summed E-state index contributed by atoms with van der Waals surface area (Å²) in [7, 11) is 0. The normalized spacial score (nSPS) is 41.6. The van der Waals surface area contributed by atoms with Gasteiger partial charge in [-0.25, -0.2) is 0 Å². The zero-order chi connectivity index (χ0) is 17.2. The molecule has 4 bridgehead atoms. The highest BCUT2D eigenvalue weighted by Crippen LogP contribution is 2.60. The summed E-state index contributed by atoms with van der Waals surface area (Å²) in [6.45, 7) is 2.45. The van der Waals surface area contributed by atoms with Gasteiger partial charge in [-0.1, -0.05) is 0 Å². The first kappa shape index (κ1) is 16.1. The summed E-state index contributed by atoms with van der Waals surface area (Å²) in [5.41, 5.74) is -1.18. The molecule has 138 valence electrons. The average Bonchev–Trinajstić information content (AvgIpc) is 2.57. The van der Waals surface area contributed by atoms with Gasteiger partial charge in [0.1, 0.15) is 5.60 Å². The molecule has 25 heavy (non-hydrogen) atoms. The molecule has 1 saturated heterocycles. The zero-order valence-electron chi connectivity index (χ0n) is 15.1. The minimum absolute atomic E-state index is 0.0763. The summed E-state index contributed by atoms with van der Waals surface area (Å²) < 4.78 is 0. The molecule has 0 radical (unpaired) electrons. The molecule has 6 rings (SSSR count). The van der Waals surface area contributed by atoms with Gasteiger partial charge in [0.2, 0.25) is 5.91 Å². The minimum Gasteiger partial charge on any atom is -0.380 e. The first-order valence-electron chi connectivity index (χ1n) is 10.3. The summed E-state index contributed by atoms with van der Waals surface area (Å²) in [6.07, 6.45) is 9.52. The molecule has 5 aliphatic carbocycles. The molecular formula is C20H30N2O3. The Morgan fingerprint density at radius 3 is 1.60 bits per heavy atom. The number of piperazine rings is 1. The Bertz CT molecular complexity index is 554. The predicted molar refractivity (Wildman–Crippen MR) is 92.6 cm³/mol. The van der Waals surface area contributed by atoms with E-state index in [-0.39, 0.29) is 11.3 Å². The van der Waals surface area contributed by atoms with E-state index in [4.69, 9.17) is 0 Å². The Morgan fingerprint density at radius 2 is 1.20 bits per heavy atom. The molecule has 5 nitrogen and oxygen atoms in total. The van der Waals surface area contributed by atoms with Crippen molar-refractivity contribution in [3.8, 4) is 0 Å². The number of hydrogen-bond donors (Lipinski definition) is 1. The maximum absolute atomic E-state index is 13.4. The van der Waals surface area contributed by atoms with Gasteiger partial charge in [0, 0.05) is 26.2 Å². The van der Waals surface area contributed by atoms with Crippen molar-refractivity contribution in [2.75, 3.05) is 26.2 Å². The lowest BCUT2D eigenvalue weighted by Gasteiger charge is -2.57. The molecule has 6 fully saturated rings. The molecule has 1 heterocycles. The first-order chi connectivity index (χ1) is 12.0. The van der Waals surface area contributed by atoms with Gasteiger partial charge in [0.05, 0.1) is 5.41 Å². The van der Waals surface area contributed by atoms with Gasteiger partial charge in [0.15, 0.2) is 0 Å². The fourth-order valence-electron chi connectivity index (χ4n) is 6.84. The molecule has 2 amide bonds. The van der Waals surface area contributed by atoms with E-state index in [9.17, 15) is 14.7 Å². The van der Waals surface area contributed by atoms with Gasteiger partial charge >= 0.3 is 0 Å². The molecule has 0 atom stereocenters. The number of carbonyl (C=O) groups is 2. The smallest absolute Gasteiger partial charge is 0.254 e. The fourth-order valence-corrected chi connectivity index (χ4v) is 6.84. The van der Waals surface area contributed by atoms with Crippen LogP contribution in [0.3, 0.4) is 0 Å². The summed E-state index contributed by atoms with van der Waals surface area (Å²) in [4.78, 5) is 29.6. The van der Waals surface area contributed by atoms with Crippen molar-refractivity contribution >= 4 is 11.8 Å². The highest BCUT2D eigenvalue weighted by Gasteiger charge is 2.56. The maximum Gasteiger partial charge on any atom is 0.254 e. The Labute approximate surface area is 149 Å². The number of hydrogen-bond acceptors (Lipinski definition) is 3. The fraction of sp³-hybridized carbons (Fsp3) is 0.900. The van der Waals surface area contributed by atoms with Crippen LogP contribution in [0.2, 0.25) is 0 Å². The summed E-state index contributed by atoms with van der Waals surface area (Å²) >= 11 is 0. The van der Waals surface area contributed by atoms with Crippen molar-refractivity contribution in [1.29, 1.82) is 0 Å². The van der Waals surface area contributed by atoms with E-state index in [2.05, 4.69) is 0 Å². The molecule has 6 aliphatic rings. The van der Waals surface area contributed by atoms with E-state index in [0.29, 0.717) is 44.9 Å². The van der Waals surface area contributed by atoms with E-state index >= 15 is 0 Å². The van der Waals surface area contributed by atoms with Crippen LogP contribution in [0.1, 0.15) is 57.8 Å². The summed E-state index contributed by atoms with van der Waals surface area (Å²) in [6, 6.07) is 0. The van der Waals surface area contributed by atoms with Crippen LogP contribution in [0.5, 0.6) is 0 Å². The molecule has 0 spiro atoms. The average molecular weight is 346 g/mol. The molecule has 0 aromatic rings. The van der Waals surface area contributed by atoms with Gasteiger partial charge < -0.3 is 14.9 Å². The van der Waals surface area contributed by atoms with Crippen LogP contribution in [0, 0.1) is 23.2 Å². The number of nitrogens with zero attached hydrogens (tertiary/aromatic N) is 2. The highest BCUT2D eigenvalue weighted by atomic mass is 16.3. The van der Waals surface area contributed by atoms with E-state index < -0.39 is 5.60 Å². The van der Waals surface area contributed by atoms with Gasteiger partial charge in [0.25, 0.3) is 5.91 Å². The number of aliphatic hydroxyl groups is 1. The Hall–Kier alpha value is -1.10. The zero-order valence-corrected chi connectivity index (χ0v) is 15.1. The molecular weight excluding hydrogens is 316 g/mol. The minimum atomic E-state index is -1.11. The maximum atomic E-state index is 13.4. The van der Waals surface area contributed by atoms with Crippen LogP contribution in [-0.2, 0) is 9.59 Å². The molecule has 1 N–H and O–H groups in total. The van der Waals surface area contributed by atoms with Crippen molar-refractivity contribution in [3.05, 3.63) is 0 Å². The second kappa shape index (κ2) is 5.45. The van der Waals surface area contributed by atoms with E-state index in [1.165, 1.54) is 19.3 Å². The van der Waals surface area contributed by atoms with E-state index in [0.717, 1.165) is 43.4 Å². The van der Waals surface area contributed by atoms with Crippen molar-refractivity contribution < 1.29 is 14.7 Å². The van der Waals surface area contributed by atoms with Gasteiger partial charge in [-0.05, 0) is 75.5 Å². The lowest BCUT2D eigenvalue weighted by Crippen LogP contribution is -2.61. The van der Waals surface area contributed by atoms with Crippen molar-refractivity contribution in [2.45, 2.75) is 63.4 Å². The van der Waals surface area contributed by atoms with E-state index in [1.807, 2.05) is 4.90 Å². The number of rotatable bonds is 2. The molecule has 0 unspecified atom stereocenters. The van der Waals surface area contributed by atoms with Crippen molar-refractivity contribution in [1.82, 2.24) is 9.80 Å². The predicted octanol–water partition coefficient (Wildman–Crippen LogP) is 1.79. The third kappa shape index (κ3) is 2.45. The van der Waals surface area contributed by atoms with Gasteiger partial charge in [-0.15, -0.1) is 0 Å². The Kier molecular flexibility index (Phi) is 3.51. The quantitative estimate of drug-likeness (QED) is 0.829. The lowest BCUT2D eigenvalue weighted by atomic mass is 9.49. The summed E-state index contributed by atoms with van der Waals surface area (Å²) in [5.74, 6) is 2.62. The third-order valence-electron chi connectivity index (χ3n) is 7.92. The number of carbonyl (C=O) groups excluding carboxylic acids is 2. The molecule has 0 aromatic carbocycles. The second-order valence-corrected chi connectivity index (χ2v) is 9.67. The molecule has 0 aromatic heterocycles. The Balaban J connectivity index is 1.24. The van der Waals surface area contributed by atoms with Crippen LogP contribution >= 0.6 is 0 Å². The first-order valence-corrected chi connectivity index (χ1v) is 10.3. The van der Waals surface area contributed by atoms with E-state index in [1.54, 1.807) is 4.90 Å². The summed E-state index contributed by atoms with van der Waals surface area (Å²) in [5, 5.41) is 10.3. The molecule has 5 heteroatoms.